The summed E-state index contributed by atoms with van der Waals surface area (Å²) in [5, 5.41) is 8.35. The van der Waals surface area contributed by atoms with Crippen LogP contribution in [0.1, 0.15) is 23.1 Å². The Hall–Kier alpha value is -2.82. The van der Waals surface area contributed by atoms with E-state index in [0.717, 1.165) is 36.5 Å². The van der Waals surface area contributed by atoms with E-state index < -0.39 is 17.6 Å². The number of benzene rings is 2. The minimum Gasteiger partial charge on any atom is -0.345 e. The first-order valence-corrected chi connectivity index (χ1v) is 12.7. The molecule has 1 amide bonds. The van der Waals surface area contributed by atoms with Crippen molar-refractivity contribution < 1.29 is 18.0 Å². The summed E-state index contributed by atoms with van der Waals surface area (Å²) in [5.74, 6) is -0.420. The predicted octanol–water partition coefficient (Wildman–Crippen LogP) is 5.21. The highest BCUT2D eigenvalue weighted by molar-refractivity contribution is 8.18. The number of hydrogen-bond donors (Lipinski definition) is 1. The van der Waals surface area contributed by atoms with E-state index in [0.29, 0.717) is 27.3 Å². The number of halogens is 4. The maximum Gasteiger partial charge on any atom is 0.416 e. The van der Waals surface area contributed by atoms with Gasteiger partial charge in [0.2, 0.25) is 0 Å². The standard InChI is InChI=1S/C25H21ClF3N5OS/c1-33-11-18-9-17(33)12-34(18)24-31-23(35)22(36-24)19(13-3-5-21-15(6-13)10-30-32-21)7-14-2-4-16(26)8-20(14)25(27,28)29/h2-6,8,10,17-18H,7,9,11-12H2,1H3,(H,30,32). The van der Waals surface area contributed by atoms with Crippen molar-refractivity contribution in [2.75, 3.05) is 20.1 Å². The van der Waals surface area contributed by atoms with Crippen LogP contribution in [0.3, 0.4) is 0 Å². The molecule has 3 aliphatic heterocycles. The zero-order valence-corrected chi connectivity index (χ0v) is 20.7. The van der Waals surface area contributed by atoms with Gasteiger partial charge < -0.3 is 4.90 Å². The van der Waals surface area contributed by atoms with Crippen LogP contribution in [0.15, 0.2) is 52.5 Å². The maximum atomic E-state index is 13.9. The van der Waals surface area contributed by atoms with Crippen LogP contribution >= 0.6 is 23.4 Å². The highest BCUT2D eigenvalue weighted by Gasteiger charge is 2.45. The van der Waals surface area contributed by atoms with E-state index in [9.17, 15) is 18.0 Å². The van der Waals surface area contributed by atoms with E-state index in [4.69, 9.17) is 11.6 Å². The Kier molecular flexibility index (Phi) is 5.66. The van der Waals surface area contributed by atoms with Crippen molar-refractivity contribution in [1.29, 1.82) is 0 Å². The third-order valence-electron chi connectivity index (χ3n) is 7.15. The van der Waals surface area contributed by atoms with Gasteiger partial charge in [0.05, 0.1) is 22.2 Å². The van der Waals surface area contributed by atoms with Gasteiger partial charge in [0.15, 0.2) is 5.17 Å². The van der Waals surface area contributed by atoms with Gasteiger partial charge >= 0.3 is 6.18 Å². The number of aromatic amines is 1. The van der Waals surface area contributed by atoms with Gasteiger partial charge in [-0.15, -0.1) is 0 Å². The molecular weight excluding hydrogens is 511 g/mol. The molecule has 186 valence electrons. The molecule has 1 aromatic heterocycles. The molecule has 36 heavy (non-hydrogen) atoms. The molecule has 0 spiro atoms. The zero-order chi connectivity index (χ0) is 25.2. The van der Waals surface area contributed by atoms with Crippen molar-refractivity contribution in [3.8, 4) is 0 Å². The number of amidine groups is 1. The molecule has 0 radical (unpaired) electrons. The Morgan fingerprint density at radius 3 is 2.75 bits per heavy atom. The van der Waals surface area contributed by atoms with Crippen molar-refractivity contribution in [2.45, 2.75) is 31.1 Å². The van der Waals surface area contributed by atoms with Crippen LogP contribution < -0.4 is 0 Å². The van der Waals surface area contributed by atoms with Crippen molar-refractivity contribution in [3.05, 3.63) is 69.2 Å². The van der Waals surface area contributed by atoms with Crippen LogP contribution in [0.5, 0.6) is 0 Å². The van der Waals surface area contributed by atoms with Crippen molar-refractivity contribution in [1.82, 2.24) is 20.0 Å². The summed E-state index contributed by atoms with van der Waals surface area (Å²) >= 11 is 7.16. The highest BCUT2D eigenvalue weighted by atomic mass is 35.5. The number of carbonyl (C=O) groups is 1. The lowest BCUT2D eigenvalue weighted by Gasteiger charge is -2.32. The van der Waals surface area contributed by atoms with Gasteiger partial charge in [0, 0.05) is 35.6 Å². The topological polar surface area (TPSA) is 64.6 Å². The summed E-state index contributed by atoms with van der Waals surface area (Å²) in [6.07, 6.45) is -2.01. The van der Waals surface area contributed by atoms with Crippen molar-refractivity contribution >= 4 is 50.9 Å². The number of nitrogens with one attached hydrogen (secondary N) is 1. The van der Waals surface area contributed by atoms with E-state index >= 15 is 0 Å². The number of fused-ring (bicyclic) bond motifs is 3. The Morgan fingerprint density at radius 2 is 2.03 bits per heavy atom. The summed E-state index contributed by atoms with van der Waals surface area (Å²) in [4.78, 5) is 22.4. The number of thioether (sulfide) groups is 1. The van der Waals surface area contributed by atoms with E-state index in [2.05, 4.69) is 32.0 Å². The molecule has 2 fully saturated rings. The number of nitrogens with zero attached hydrogens (tertiary/aromatic N) is 4. The van der Waals surface area contributed by atoms with Crippen LogP contribution in [0.2, 0.25) is 5.02 Å². The number of likely N-dealkylation sites (tertiary alicyclic amines) is 2. The summed E-state index contributed by atoms with van der Waals surface area (Å²) in [6, 6.07) is 9.91. The molecule has 2 aromatic carbocycles. The molecule has 2 unspecified atom stereocenters. The molecule has 0 aliphatic carbocycles. The second kappa shape index (κ2) is 8.64. The van der Waals surface area contributed by atoms with E-state index in [1.807, 2.05) is 12.1 Å². The summed E-state index contributed by atoms with van der Waals surface area (Å²) in [7, 11) is 2.09. The van der Waals surface area contributed by atoms with Crippen LogP contribution in [0.4, 0.5) is 13.2 Å². The van der Waals surface area contributed by atoms with Crippen LogP contribution in [-0.4, -0.2) is 63.3 Å². The van der Waals surface area contributed by atoms with Gasteiger partial charge in [0.1, 0.15) is 0 Å². The van der Waals surface area contributed by atoms with E-state index in [-0.39, 0.29) is 23.0 Å². The van der Waals surface area contributed by atoms with Crippen molar-refractivity contribution in [2.24, 2.45) is 4.99 Å². The van der Waals surface area contributed by atoms with Crippen molar-refractivity contribution in [3.63, 3.8) is 0 Å². The normalized spacial score (nSPS) is 23.8. The highest BCUT2D eigenvalue weighted by Crippen LogP contribution is 2.42. The number of aromatic nitrogens is 2. The quantitative estimate of drug-likeness (QED) is 0.470. The first kappa shape index (κ1) is 23.6. The van der Waals surface area contributed by atoms with Crippen LogP contribution in [-0.2, 0) is 17.4 Å². The van der Waals surface area contributed by atoms with Gasteiger partial charge in [-0.3, -0.25) is 14.8 Å². The third kappa shape index (κ3) is 4.10. The van der Waals surface area contributed by atoms with E-state index in [1.165, 1.54) is 23.9 Å². The molecule has 2 saturated heterocycles. The monoisotopic (exact) mass is 531 g/mol. The molecule has 3 aromatic rings. The molecule has 2 bridgehead atoms. The Balaban J connectivity index is 1.42. The fourth-order valence-electron chi connectivity index (χ4n) is 5.31. The zero-order valence-electron chi connectivity index (χ0n) is 19.1. The van der Waals surface area contributed by atoms with Gasteiger partial charge in [-0.1, -0.05) is 23.7 Å². The van der Waals surface area contributed by atoms with Gasteiger partial charge in [-0.25, -0.2) is 0 Å². The third-order valence-corrected chi connectivity index (χ3v) is 8.52. The number of alkyl halides is 3. The van der Waals surface area contributed by atoms with Crippen LogP contribution in [0.25, 0.3) is 16.5 Å². The number of hydrogen-bond acceptors (Lipinski definition) is 5. The number of allylic oxidation sites excluding steroid dienone is 1. The van der Waals surface area contributed by atoms with E-state index in [1.54, 1.807) is 12.3 Å². The molecule has 6 rings (SSSR count). The smallest absolute Gasteiger partial charge is 0.345 e. The largest absolute Gasteiger partial charge is 0.416 e. The SMILES string of the molecule is CN1CC2CC1CN2C1=NC(=O)C(=C(Cc2ccc(Cl)cc2C(F)(F)F)c2ccc3[nH]ncc3c2)S1. The number of carbonyl (C=O) groups excluding carboxylic acids is 1. The molecular formula is C25H21ClF3N5OS. The Morgan fingerprint density at radius 1 is 1.19 bits per heavy atom. The Bertz CT molecular complexity index is 1450. The molecule has 1 N–H and O–H groups in total. The molecule has 0 saturated carbocycles. The molecule has 3 aliphatic rings. The fraction of sp³-hybridized carbons (Fsp3) is 0.320. The summed E-state index contributed by atoms with van der Waals surface area (Å²) in [5.41, 5.74) is 1.19. The van der Waals surface area contributed by atoms with Crippen LogP contribution in [0, 0.1) is 0 Å². The summed E-state index contributed by atoms with van der Waals surface area (Å²) in [6.45, 7) is 1.69. The number of H-pyrrole nitrogens is 1. The lowest BCUT2D eigenvalue weighted by atomic mass is 9.93. The molecule has 6 nitrogen and oxygen atoms in total. The number of amides is 1. The van der Waals surface area contributed by atoms with Gasteiger partial charge in [-0.2, -0.15) is 23.3 Å². The summed E-state index contributed by atoms with van der Waals surface area (Å²) < 4.78 is 41.7. The first-order chi connectivity index (χ1) is 17.2. The average molecular weight is 532 g/mol. The predicted molar refractivity (Wildman–Crippen MR) is 135 cm³/mol. The minimum atomic E-state index is -4.58. The number of rotatable bonds is 3. The lowest BCUT2D eigenvalue weighted by molar-refractivity contribution is -0.138. The number of aliphatic imine (C=N–C) groups is 1. The maximum absolute atomic E-state index is 13.9. The second-order valence-corrected chi connectivity index (χ2v) is 10.8. The second-order valence-electron chi connectivity index (χ2n) is 9.39. The minimum absolute atomic E-state index is 0.00564. The first-order valence-electron chi connectivity index (χ1n) is 11.5. The molecule has 2 atom stereocenters. The Labute approximate surface area is 214 Å². The average Bonchev–Trinajstić information content (AvgIpc) is 3.60. The fourth-order valence-corrected chi connectivity index (χ4v) is 6.58. The molecule has 4 heterocycles. The van der Waals surface area contributed by atoms with Gasteiger partial charge in [0.25, 0.3) is 5.91 Å². The lowest BCUT2D eigenvalue weighted by Crippen LogP contribution is -2.46. The van der Waals surface area contributed by atoms with Gasteiger partial charge in [-0.05, 0) is 72.6 Å². The number of piperazine rings is 1. The number of likely N-dealkylation sites (N-methyl/N-ethyl adjacent to an activating group) is 1. The molecule has 11 heteroatoms.